The molecule has 132 valence electrons. The number of carbonyl (C=O) groups excluding carboxylic acids is 2. The van der Waals surface area contributed by atoms with Crippen LogP contribution >= 0.6 is 0 Å². The molecule has 0 unspecified atom stereocenters. The summed E-state index contributed by atoms with van der Waals surface area (Å²) in [6.07, 6.45) is 0. The van der Waals surface area contributed by atoms with Crippen LogP contribution in [0.1, 0.15) is 26.3 Å². The topological polar surface area (TPSA) is 80.3 Å². The molecule has 0 saturated heterocycles. The quantitative estimate of drug-likeness (QED) is 0.742. The van der Waals surface area contributed by atoms with E-state index in [4.69, 9.17) is 4.74 Å². The van der Waals surface area contributed by atoms with Crippen LogP contribution in [0.2, 0.25) is 0 Å². The second-order valence-electron chi connectivity index (χ2n) is 5.68. The third-order valence-corrected chi connectivity index (χ3v) is 4.04. The van der Waals surface area contributed by atoms with Gasteiger partial charge in [0.25, 0.3) is 11.8 Å². The minimum Gasteiger partial charge on any atom is -0.481 e. The van der Waals surface area contributed by atoms with Gasteiger partial charge in [-0.3, -0.25) is 9.59 Å². The van der Waals surface area contributed by atoms with Gasteiger partial charge in [0.1, 0.15) is 0 Å². The number of hydrogen-bond acceptors (Lipinski definition) is 4. The van der Waals surface area contributed by atoms with Gasteiger partial charge in [-0.05, 0) is 29.8 Å². The van der Waals surface area contributed by atoms with Crippen LogP contribution in [0.5, 0.6) is 5.88 Å². The summed E-state index contributed by atoms with van der Waals surface area (Å²) in [6.45, 7) is 0.322. The van der Waals surface area contributed by atoms with Crippen molar-refractivity contribution in [1.29, 1.82) is 0 Å². The zero-order chi connectivity index (χ0) is 18.5. The Morgan fingerprint density at radius 2 is 1.73 bits per heavy atom. The Labute approximate surface area is 151 Å². The van der Waals surface area contributed by atoms with E-state index in [1.165, 1.54) is 0 Å². The molecule has 0 aliphatic heterocycles. The van der Waals surface area contributed by atoms with Crippen LogP contribution in [0.25, 0.3) is 10.9 Å². The largest absolute Gasteiger partial charge is 0.481 e. The third kappa shape index (κ3) is 3.64. The first-order valence-electron chi connectivity index (χ1n) is 8.15. The lowest BCUT2D eigenvalue weighted by atomic mass is 10.1. The zero-order valence-corrected chi connectivity index (χ0v) is 14.6. The molecule has 0 fully saturated rings. The van der Waals surface area contributed by atoms with Crippen molar-refractivity contribution in [1.82, 2.24) is 15.6 Å². The lowest BCUT2D eigenvalue weighted by Gasteiger charge is -2.11. The van der Waals surface area contributed by atoms with Crippen LogP contribution in [-0.4, -0.2) is 31.0 Å². The van der Waals surface area contributed by atoms with Crippen LogP contribution in [0.3, 0.4) is 0 Å². The van der Waals surface area contributed by atoms with E-state index >= 15 is 0 Å². The van der Waals surface area contributed by atoms with Crippen molar-refractivity contribution >= 4 is 22.7 Å². The Morgan fingerprint density at radius 1 is 1.00 bits per heavy atom. The molecule has 0 radical (unpaired) electrons. The first-order chi connectivity index (χ1) is 12.6. The number of hydrogen-bond donors (Lipinski definition) is 2. The Hall–Kier alpha value is -3.41. The van der Waals surface area contributed by atoms with Gasteiger partial charge in [-0.15, -0.1) is 0 Å². The summed E-state index contributed by atoms with van der Waals surface area (Å²) in [5.41, 5.74) is 2.58. The molecule has 0 bridgehead atoms. The average molecular weight is 349 g/mol. The number of nitrogens with one attached hydrogen (secondary N) is 2. The maximum atomic E-state index is 12.5. The van der Waals surface area contributed by atoms with Gasteiger partial charge >= 0.3 is 0 Å². The number of benzene rings is 2. The van der Waals surface area contributed by atoms with Crippen LogP contribution in [0, 0.1) is 0 Å². The number of carbonyl (C=O) groups is 2. The minimum atomic E-state index is -0.254. The molecule has 0 saturated carbocycles. The van der Waals surface area contributed by atoms with E-state index in [1.54, 1.807) is 38.4 Å². The van der Waals surface area contributed by atoms with Crippen molar-refractivity contribution < 1.29 is 14.3 Å². The maximum absolute atomic E-state index is 12.5. The lowest BCUT2D eigenvalue weighted by Crippen LogP contribution is -2.24. The molecule has 0 spiro atoms. The molecule has 2 N–H and O–H groups in total. The van der Waals surface area contributed by atoms with E-state index in [2.05, 4.69) is 15.6 Å². The highest BCUT2D eigenvalue weighted by molar-refractivity contribution is 5.99. The minimum absolute atomic E-state index is 0.232. The second kappa shape index (κ2) is 7.65. The van der Waals surface area contributed by atoms with Gasteiger partial charge in [-0.2, -0.15) is 0 Å². The molecular weight excluding hydrogens is 330 g/mol. The highest BCUT2D eigenvalue weighted by atomic mass is 16.5. The molecule has 0 aliphatic rings. The first-order valence-corrected chi connectivity index (χ1v) is 8.15. The molecule has 6 heteroatoms. The van der Waals surface area contributed by atoms with Crippen LogP contribution in [-0.2, 0) is 6.54 Å². The number of amides is 2. The molecule has 3 aromatic rings. The molecule has 2 aromatic carbocycles. The van der Waals surface area contributed by atoms with Gasteiger partial charge in [0, 0.05) is 36.2 Å². The van der Waals surface area contributed by atoms with E-state index in [0.717, 1.165) is 16.5 Å². The van der Waals surface area contributed by atoms with Crippen LogP contribution in [0.4, 0.5) is 0 Å². The molecule has 2 amide bonds. The number of rotatable bonds is 5. The molecule has 1 heterocycles. The number of fused-ring (bicyclic) bond motifs is 1. The number of ether oxygens (including phenoxy) is 1. The Balaban J connectivity index is 1.82. The Bertz CT molecular complexity index is 969. The molecular formula is C20H19N3O3. The van der Waals surface area contributed by atoms with Crippen molar-refractivity contribution in [3.8, 4) is 5.88 Å². The predicted molar refractivity (Wildman–Crippen MR) is 99.3 cm³/mol. The van der Waals surface area contributed by atoms with E-state index in [9.17, 15) is 9.59 Å². The smallest absolute Gasteiger partial charge is 0.251 e. The van der Waals surface area contributed by atoms with Gasteiger partial charge in [0.2, 0.25) is 5.88 Å². The fraction of sp³-hybridized carbons (Fsp3) is 0.150. The second-order valence-corrected chi connectivity index (χ2v) is 5.68. The van der Waals surface area contributed by atoms with E-state index in [0.29, 0.717) is 23.6 Å². The monoisotopic (exact) mass is 349 g/mol. The molecule has 6 nitrogen and oxygen atoms in total. The lowest BCUT2D eigenvalue weighted by molar-refractivity contribution is 0.0951. The van der Waals surface area contributed by atoms with Crippen LogP contribution in [0.15, 0.2) is 54.6 Å². The van der Waals surface area contributed by atoms with E-state index in [-0.39, 0.29) is 11.8 Å². The van der Waals surface area contributed by atoms with Gasteiger partial charge in [0.05, 0.1) is 12.6 Å². The maximum Gasteiger partial charge on any atom is 0.251 e. The summed E-state index contributed by atoms with van der Waals surface area (Å²) in [6, 6.07) is 16.1. The fourth-order valence-electron chi connectivity index (χ4n) is 2.69. The molecule has 26 heavy (non-hydrogen) atoms. The van der Waals surface area contributed by atoms with Crippen LogP contribution < -0.4 is 15.4 Å². The summed E-state index contributed by atoms with van der Waals surface area (Å²) in [4.78, 5) is 28.6. The number of methoxy groups -OCH3 is 1. The Kier molecular flexibility index (Phi) is 5.12. The van der Waals surface area contributed by atoms with Gasteiger partial charge in [-0.1, -0.05) is 24.3 Å². The van der Waals surface area contributed by atoms with E-state index < -0.39 is 0 Å². The first kappa shape index (κ1) is 17.4. The third-order valence-electron chi connectivity index (χ3n) is 4.04. The summed E-state index contributed by atoms with van der Waals surface area (Å²) in [7, 11) is 3.11. The molecule has 1 aromatic heterocycles. The van der Waals surface area contributed by atoms with E-state index in [1.807, 2.05) is 30.3 Å². The average Bonchev–Trinajstić information content (AvgIpc) is 2.70. The van der Waals surface area contributed by atoms with Crippen molar-refractivity contribution in [3.05, 3.63) is 71.3 Å². The van der Waals surface area contributed by atoms with Gasteiger partial charge in [0.15, 0.2) is 0 Å². The normalized spacial score (nSPS) is 10.4. The fourth-order valence-corrected chi connectivity index (χ4v) is 2.69. The predicted octanol–water partition coefficient (Wildman–Crippen LogP) is 2.53. The van der Waals surface area contributed by atoms with Gasteiger partial charge in [-0.25, -0.2) is 4.98 Å². The highest BCUT2D eigenvalue weighted by Gasteiger charge is 2.11. The molecule has 0 atom stereocenters. The highest BCUT2D eigenvalue weighted by Crippen LogP contribution is 2.21. The number of para-hydroxylation sites is 1. The van der Waals surface area contributed by atoms with Gasteiger partial charge < -0.3 is 15.4 Å². The number of pyridine rings is 1. The number of nitrogens with zero attached hydrogens (tertiary/aromatic N) is 1. The summed E-state index contributed by atoms with van der Waals surface area (Å²) in [5, 5.41) is 6.39. The number of aromatic nitrogens is 1. The van der Waals surface area contributed by atoms with Crippen molar-refractivity contribution in [2.75, 3.05) is 14.2 Å². The Morgan fingerprint density at radius 3 is 2.46 bits per heavy atom. The zero-order valence-electron chi connectivity index (χ0n) is 14.6. The van der Waals surface area contributed by atoms with Crippen molar-refractivity contribution in [2.24, 2.45) is 0 Å². The van der Waals surface area contributed by atoms with Crippen molar-refractivity contribution in [3.63, 3.8) is 0 Å². The summed E-state index contributed by atoms with van der Waals surface area (Å²) < 4.78 is 5.24. The summed E-state index contributed by atoms with van der Waals surface area (Å²) >= 11 is 0. The molecule has 3 rings (SSSR count). The summed E-state index contributed by atoms with van der Waals surface area (Å²) in [5.74, 6) is 0.00897. The molecule has 0 aliphatic carbocycles. The SMILES string of the molecule is CNC(=O)c1cccc(C(=O)NCc2cc(OC)nc3ccccc23)c1. The van der Waals surface area contributed by atoms with Crippen molar-refractivity contribution in [2.45, 2.75) is 6.54 Å². The standard InChI is InChI=1S/C20H19N3O3/c1-21-19(24)13-6-5-7-14(10-13)20(25)22-12-15-11-18(26-2)23-17-9-4-3-8-16(15)17/h3-11H,12H2,1-2H3,(H,21,24)(H,22,25).